The van der Waals surface area contributed by atoms with E-state index in [1.807, 2.05) is 66.7 Å². The van der Waals surface area contributed by atoms with Gasteiger partial charge in [-0.2, -0.15) is 10.4 Å². The zero-order chi connectivity index (χ0) is 19.5. The number of amides is 1. The third kappa shape index (κ3) is 3.77. The molecule has 0 radical (unpaired) electrons. The van der Waals surface area contributed by atoms with Crippen LogP contribution in [0.15, 0.2) is 54.7 Å². The van der Waals surface area contributed by atoms with Crippen LogP contribution < -0.4 is 0 Å². The summed E-state index contributed by atoms with van der Waals surface area (Å²) < 4.78 is 1.79. The van der Waals surface area contributed by atoms with Crippen molar-refractivity contribution in [3.63, 3.8) is 0 Å². The number of hydrogen-bond acceptors (Lipinski definition) is 3. The summed E-state index contributed by atoms with van der Waals surface area (Å²) in [5.41, 5.74) is 3.05. The molecule has 142 valence electrons. The van der Waals surface area contributed by atoms with Crippen LogP contribution in [0.4, 0.5) is 0 Å². The van der Waals surface area contributed by atoms with Gasteiger partial charge in [0, 0.05) is 31.7 Å². The maximum atomic E-state index is 12.8. The van der Waals surface area contributed by atoms with Crippen LogP contribution in [0.5, 0.6) is 0 Å². The van der Waals surface area contributed by atoms with Gasteiger partial charge in [0.1, 0.15) is 0 Å². The quantitative estimate of drug-likeness (QED) is 0.702. The first-order valence-corrected chi connectivity index (χ1v) is 9.78. The minimum atomic E-state index is -0.0913. The first-order chi connectivity index (χ1) is 13.6. The largest absolute Gasteiger partial charge is 0.342 e. The molecular weight excluding hydrogens is 348 g/mol. The van der Waals surface area contributed by atoms with Gasteiger partial charge in [0.2, 0.25) is 5.91 Å². The fourth-order valence-electron chi connectivity index (χ4n) is 4.19. The Morgan fingerprint density at radius 1 is 1.21 bits per heavy atom. The first kappa shape index (κ1) is 18.2. The lowest BCUT2D eigenvalue weighted by Crippen LogP contribution is -2.40. The molecule has 28 heavy (non-hydrogen) atoms. The Balaban J connectivity index is 1.37. The van der Waals surface area contributed by atoms with Crippen LogP contribution in [-0.4, -0.2) is 33.7 Å². The number of aromatic nitrogens is 2. The monoisotopic (exact) mass is 372 g/mol. The van der Waals surface area contributed by atoms with Crippen LogP contribution in [0, 0.1) is 17.2 Å². The molecule has 1 atom stereocenters. The molecule has 0 bridgehead atoms. The predicted octanol–water partition coefficient (Wildman–Crippen LogP) is 3.66. The lowest BCUT2D eigenvalue weighted by atomic mass is 9.81. The number of benzene rings is 2. The van der Waals surface area contributed by atoms with Crippen molar-refractivity contribution < 1.29 is 4.79 Å². The Morgan fingerprint density at radius 2 is 1.96 bits per heavy atom. The molecule has 0 spiro atoms. The molecule has 1 saturated heterocycles. The molecule has 1 unspecified atom stereocenters. The summed E-state index contributed by atoms with van der Waals surface area (Å²) in [5, 5.41) is 15.1. The fraction of sp³-hybridized carbons (Fsp3) is 0.348. The van der Waals surface area contributed by atoms with Crippen molar-refractivity contribution in [1.29, 1.82) is 5.26 Å². The number of likely N-dealkylation sites (tertiary alicyclic amines) is 1. The van der Waals surface area contributed by atoms with Gasteiger partial charge in [0.25, 0.3) is 0 Å². The average molecular weight is 372 g/mol. The number of piperidine rings is 1. The van der Waals surface area contributed by atoms with Crippen molar-refractivity contribution in [2.24, 2.45) is 13.0 Å². The maximum Gasteiger partial charge on any atom is 0.226 e. The van der Waals surface area contributed by atoms with E-state index in [2.05, 4.69) is 11.2 Å². The van der Waals surface area contributed by atoms with Crippen LogP contribution in [-0.2, 0) is 18.3 Å². The molecule has 2 aromatic carbocycles. The van der Waals surface area contributed by atoms with E-state index >= 15 is 0 Å². The van der Waals surface area contributed by atoms with E-state index in [0.29, 0.717) is 12.3 Å². The van der Waals surface area contributed by atoms with E-state index in [0.717, 1.165) is 48.0 Å². The normalized spacial score (nSPS) is 16.1. The molecule has 1 aliphatic heterocycles. The molecule has 0 N–H and O–H groups in total. The molecule has 1 amide bonds. The minimum absolute atomic E-state index is 0.0913. The molecule has 1 fully saturated rings. The summed E-state index contributed by atoms with van der Waals surface area (Å²) in [4.78, 5) is 14.7. The van der Waals surface area contributed by atoms with E-state index in [-0.39, 0.29) is 11.8 Å². The van der Waals surface area contributed by atoms with Crippen LogP contribution >= 0.6 is 0 Å². The predicted molar refractivity (Wildman–Crippen MR) is 109 cm³/mol. The highest BCUT2D eigenvalue weighted by molar-refractivity contribution is 5.83. The summed E-state index contributed by atoms with van der Waals surface area (Å²) in [6.45, 7) is 1.45. The van der Waals surface area contributed by atoms with Gasteiger partial charge in [-0.25, -0.2) is 0 Å². The Hall–Kier alpha value is -3.13. The second-order valence-corrected chi connectivity index (χ2v) is 7.61. The summed E-state index contributed by atoms with van der Waals surface area (Å²) in [5.74, 6) is 0.379. The van der Waals surface area contributed by atoms with Gasteiger partial charge in [0.05, 0.1) is 23.9 Å². The number of carbonyl (C=O) groups excluding carboxylic acids is 1. The van der Waals surface area contributed by atoms with E-state index in [1.54, 1.807) is 4.68 Å². The smallest absolute Gasteiger partial charge is 0.226 e. The molecule has 1 aromatic heterocycles. The van der Waals surface area contributed by atoms with E-state index < -0.39 is 0 Å². The Labute approximate surface area is 165 Å². The Kier molecular flexibility index (Phi) is 5.12. The highest BCUT2D eigenvalue weighted by Gasteiger charge is 2.29. The summed E-state index contributed by atoms with van der Waals surface area (Å²) >= 11 is 0. The molecule has 0 aliphatic carbocycles. The van der Waals surface area contributed by atoms with Gasteiger partial charge in [-0.15, -0.1) is 0 Å². The van der Waals surface area contributed by atoms with Crippen molar-refractivity contribution >= 4 is 16.8 Å². The summed E-state index contributed by atoms with van der Waals surface area (Å²) in [7, 11) is 1.90. The number of nitrogens with zero attached hydrogens (tertiary/aromatic N) is 4. The number of nitriles is 1. The minimum Gasteiger partial charge on any atom is -0.342 e. The standard InChI is InChI=1S/C23H24N4O/c1-26-16-20-13-17(7-8-22(20)25-26)14-23(28)27-11-9-19(10-12-27)21(15-24)18-5-3-2-4-6-18/h2-8,13,16,19,21H,9-12,14H2,1H3. The zero-order valence-electron chi connectivity index (χ0n) is 16.1. The molecule has 2 heterocycles. The SMILES string of the molecule is Cn1cc2cc(CC(=O)N3CCC(C(C#N)c4ccccc4)CC3)ccc2n1. The second-order valence-electron chi connectivity index (χ2n) is 7.61. The van der Waals surface area contributed by atoms with Crippen molar-refractivity contribution in [2.45, 2.75) is 25.2 Å². The van der Waals surface area contributed by atoms with Crippen molar-refractivity contribution in [3.8, 4) is 6.07 Å². The van der Waals surface area contributed by atoms with Crippen LogP contribution in [0.1, 0.15) is 29.9 Å². The number of hydrogen-bond donors (Lipinski definition) is 0. The highest BCUT2D eigenvalue weighted by Crippen LogP contribution is 2.32. The summed E-state index contributed by atoms with van der Waals surface area (Å²) in [6.07, 6.45) is 4.14. The highest BCUT2D eigenvalue weighted by atomic mass is 16.2. The second kappa shape index (κ2) is 7.85. The van der Waals surface area contributed by atoms with E-state index in [9.17, 15) is 10.1 Å². The van der Waals surface area contributed by atoms with Crippen molar-refractivity contribution in [2.75, 3.05) is 13.1 Å². The molecule has 5 nitrogen and oxygen atoms in total. The van der Waals surface area contributed by atoms with Crippen molar-refractivity contribution in [3.05, 3.63) is 65.9 Å². The molecule has 1 aliphatic rings. The van der Waals surface area contributed by atoms with Gasteiger partial charge in [-0.3, -0.25) is 9.48 Å². The lowest BCUT2D eigenvalue weighted by molar-refractivity contribution is -0.131. The molecule has 0 saturated carbocycles. The molecule has 4 rings (SSSR count). The summed E-state index contributed by atoms with van der Waals surface area (Å²) in [6, 6.07) is 18.5. The molecule has 5 heteroatoms. The van der Waals surface area contributed by atoms with Gasteiger partial charge >= 0.3 is 0 Å². The van der Waals surface area contributed by atoms with E-state index in [4.69, 9.17) is 0 Å². The first-order valence-electron chi connectivity index (χ1n) is 9.78. The van der Waals surface area contributed by atoms with Gasteiger partial charge in [0.15, 0.2) is 0 Å². The number of aryl methyl sites for hydroxylation is 1. The number of fused-ring (bicyclic) bond motifs is 1. The van der Waals surface area contributed by atoms with Crippen LogP contribution in [0.2, 0.25) is 0 Å². The lowest BCUT2D eigenvalue weighted by Gasteiger charge is -2.34. The fourth-order valence-corrected chi connectivity index (χ4v) is 4.19. The Bertz CT molecular complexity index is 1010. The third-order valence-corrected chi connectivity index (χ3v) is 5.70. The van der Waals surface area contributed by atoms with Gasteiger partial charge in [-0.05, 0) is 42.0 Å². The van der Waals surface area contributed by atoms with E-state index in [1.165, 1.54) is 0 Å². The number of carbonyl (C=O) groups is 1. The molecular formula is C23H24N4O. The maximum absolute atomic E-state index is 12.8. The Morgan fingerprint density at radius 3 is 2.68 bits per heavy atom. The van der Waals surface area contributed by atoms with Crippen LogP contribution in [0.25, 0.3) is 10.9 Å². The van der Waals surface area contributed by atoms with Gasteiger partial charge < -0.3 is 4.90 Å². The van der Waals surface area contributed by atoms with Crippen molar-refractivity contribution in [1.82, 2.24) is 14.7 Å². The van der Waals surface area contributed by atoms with Crippen LogP contribution in [0.3, 0.4) is 0 Å². The zero-order valence-corrected chi connectivity index (χ0v) is 16.1. The topological polar surface area (TPSA) is 61.9 Å². The number of rotatable bonds is 4. The third-order valence-electron chi connectivity index (χ3n) is 5.70. The molecule has 3 aromatic rings. The average Bonchev–Trinajstić information content (AvgIpc) is 3.09. The van der Waals surface area contributed by atoms with Gasteiger partial charge in [-0.1, -0.05) is 36.4 Å².